The lowest BCUT2D eigenvalue weighted by Gasteiger charge is -2.21. The molecule has 1 atom stereocenters. The number of nitrogens with two attached hydrogens (primary N) is 2. The smallest absolute Gasteiger partial charge is 0.369 e. The second-order valence-electron chi connectivity index (χ2n) is 7.56. The summed E-state index contributed by atoms with van der Waals surface area (Å²) in [5.41, 5.74) is 6.11. The molecule has 7 nitrogen and oxygen atoms in total. The summed E-state index contributed by atoms with van der Waals surface area (Å²) in [4.78, 5) is 11.9. The number of amides is 1. The molecule has 0 bridgehead atoms. The van der Waals surface area contributed by atoms with Crippen molar-refractivity contribution in [1.82, 2.24) is 9.78 Å². The zero-order chi connectivity index (χ0) is 23.8. The summed E-state index contributed by atoms with van der Waals surface area (Å²) in [5, 5.41) is 8.96. The van der Waals surface area contributed by atoms with Crippen LogP contribution in [0.5, 0.6) is 0 Å². The van der Waals surface area contributed by atoms with Gasteiger partial charge < -0.3 is 5.73 Å². The van der Waals surface area contributed by atoms with Crippen LogP contribution in [0.1, 0.15) is 47.9 Å². The molecule has 3 aromatic rings. The summed E-state index contributed by atoms with van der Waals surface area (Å²) in [6.45, 7) is 3.87. The van der Waals surface area contributed by atoms with Gasteiger partial charge in [-0.05, 0) is 34.7 Å². The van der Waals surface area contributed by atoms with Crippen molar-refractivity contribution in [1.29, 1.82) is 0 Å². The molecular formula is C21H21F3N4O3S. The van der Waals surface area contributed by atoms with Crippen molar-refractivity contribution in [3.05, 3.63) is 77.1 Å². The van der Waals surface area contributed by atoms with Crippen molar-refractivity contribution in [3.8, 4) is 5.69 Å². The summed E-state index contributed by atoms with van der Waals surface area (Å²) in [6.07, 6.45) is -3.42. The molecule has 0 fully saturated rings. The third kappa shape index (κ3) is 4.68. The van der Waals surface area contributed by atoms with Gasteiger partial charge in [0.2, 0.25) is 15.9 Å². The molecule has 0 saturated carbocycles. The van der Waals surface area contributed by atoms with E-state index in [4.69, 9.17) is 10.9 Å². The third-order valence-electron chi connectivity index (χ3n) is 4.99. The first kappa shape index (κ1) is 23.5. The lowest BCUT2D eigenvalue weighted by molar-refractivity contribution is -0.137. The Balaban J connectivity index is 2.21. The minimum absolute atomic E-state index is 0.0508. The Hall–Kier alpha value is -3.18. The van der Waals surface area contributed by atoms with Crippen molar-refractivity contribution in [3.63, 3.8) is 0 Å². The van der Waals surface area contributed by atoms with Crippen LogP contribution in [0.15, 0.2) is 59.8 Å². The number of hydrogen-bond donors (Lipinski definition) is 2. The SMILES string of the molecule is CC(C)c1ccccc1C(C(N)=O)c1ccc(-n2cc(C(F)(F)F)cn2)c(S(N)(=O)=O)c1. The number of sulfonamides is 1. The number of hydrogen-bond acceptors (Lipinski definition) is 4. The zero-order valence-corrected chi connectivity index (χ0v) is 18.0. The second-order valence-corrected chi connectivity index (χ2v) is 9.09. The molecule has 2 aromatic carbocycles. The molecule has 0 saturated heterocycles. The van der Waals surface area contributed by atoms with Gasteiger partial charge in [0.1, 0.15) is 4.90 Å². The van der Waals surface area contributed by atoms with Gasteiger partial charge in [-0.3, -0.25) is 4.79 Å². The summed E-state index contributed by atoms with van der Waals surface area (Å²) in [6, 6.07) is 10.9. The van der Waals surface area contributed by atoms with Gasteiger partial charge in [0, 0.05) is 6.20 Å². The standard InChI is InChI=1S/C21H21F3N4O3S/c1-12(2)15-5-3-4-6-16(15)19(20(25)29)13-7-8-17(18(9-13)32(26,30)31)28-11-14(10-27-28)21(22,23)24/h3-12,19H,1-2H3,(H2,25,29)(H2,26,30,31). The number of benzene rings is 2. The van der Waals surface area contributed by atoms with E-state index in [1.165, 1.54) is 12.1 Å². The average Bonchev–Trinajstić information content (AvgIpc) is 3.18. The van der Waals surface area contributed by atoms with E-state index in [-0.39, 0.29) is 17.2 Å². The van der Waals surface area contributed by atoms with Crippen molar-refractivity contribution in [2.75, 3.05) is 0 Å². The maximum atomic E-state index is 13.0. The molecule has 170 valence electrons. The number of halogens is 3. The molecule has 1 unspecified atom stereocenters. The highest BCUT2D eigenvalue weighted by Crippen LogP contribution is 2.34. The van der Waals surface area contributed by atoms with Crippen molar-refractivity contribution < 1.29 is 26.4 Å². The maximum Gasteiger partial charge on any atom is 0.419 e. The molecule has 0 aliphatic rings. The number of rotatable bonds is 6. The fraction of sp³-hybridized carbons (Fsp3) is 0.238. The van der Waals surface area contributed by atoms with E-state index in [0.717, 1.165) is 16.3 Å². The average molecular weight is 466 g/mol. The van der Waals surface area contributed by atoms with Crippen LogP contribution in [-0.2, 0) is 21.0 Å². The minimum Gasteiger partial charge on any atom is -0.369 e. The molecule has 1 aromatic heterocycles. The molecule has 0 aliphatic heterocycles. The van der Waals surface area contributed by atoms with E-state index in [9.17, 15) is 26.4 Å². The number of primary amides is 1. The van der Waals surface area contributed by atoms with Gasteiger partial charge >= 0.3 is 6.18 Å². The number of carbonyl (C=O) groups is 1. The van der Waals surface area contributed by atoms with Gasteiger partial charge in [-0.1, -0.05) is 44.2 Å². The number of alkyl halides is 3. The van der Waals surface area contributed by atoms with Crippen LogP contribution in [0.2, 0.25) is 0 Å². The van der Waals surface area contributed by atoms with Crippen molar-refractivity contribution in [2.45, 2.75) is 36.8 Å². The highest BCUT2D eigenvalue weighted by molar-refractivity contribution is 7.89. The highest BCUT2D eigenvalue weighted by Gasteiger charge is 2.33. The molecule has 0 spiro atoms. The Labute approximate surface area is 182 Å². The van der Waals surface area contributed by atoms with Crippen LogP contribution >= 0.6 is 0 Å². The van der Waals surface area contributed by atoms with Crippen LogP contribution in [0.4, 0.5) is 13.2 Å². The van der Waals surface area contributed by atoms with Gasteiger partial charge in [-0.15, -0.1) is 0 Å². The van der Waals surface area contributed by atoms with Crippen molar-refractivity contribution >= 4 is 15.9 Å². The molecule has 4 N–H and O–H groups in total. The first-order chi connectivity index (χ1) is 14.8. The largest absolute Gasteiger partial charge is 0.419 e. The van der Waals surface area contributed by atoms with E-state index in [1.54, 1.807) is 12.1 Å². The molecule has 1 amide bonds. The Morgan fingerprint density at radius 2 is 1.72 bits per heavy atom. The number of carbonyl (C=O) groups excluding carboxylic acids is 1. The number of aromatic nitrogens is 2. The van der Waals surface area contributed by atoms with Crippen LogP contribution in [0.3, 0.4) is 0 Å². The molecule has 0 aliphatic carbocycles. The zero-order valence-electron chi connectivity index (χ0n) is 17.2. The quantitative estimate of drug-likeness (QED) is 0.579. The number of nitrogens with zero attached hydrogens (tertiary/aromatic N) is 2. The second kappa shape index (κ2) is 8.40. The maximum absolute atomic E-state index is 13.0. The Kier molecular flexibility index (Phi) is 6.16. The predicted octanol–water partition coefficient (Wildman–Crippen LogP) is 3.28. The van der Waals surface area contributed by atoms with Crippen molar-refractivity contribution in [2.24, 2.45) is 10.9 Å². The Morgan fingerprint density at radius 1 is 1.09 bits per heavy atom. The molecular weight excluding hydrogens is 445 g/mol. The highest BCUT2D eigenvalue weighted by atomic mass is 32.2. The summed E-state index contributed by atoms with van der Waals surface area (Å²) < 4.78 is 64.2. The van der Waals surface area contributed by atoms with Gasteiger partial charge in [-0.2, -0.15) is 18.3 Å². The first-order valence-electron chi connectivity index (χ1n) is 9.48. The van der Waals surface area contributed by atoms with E-state index in [2.05, 4.69) is 5.10 Å². The Morgan fingerprint density at radius 3 is 2.22 bits per heavy atom. The topological polar surface area (TPSA) is 121 Å². The fourth-order valence-electron chi connectivity index (χ4n) is 3.53. The van der Waals surface area contributed by atoms with Gasteiger partial charge in [0.15, 0.2) is 0 Å². The molecule has 3 rings (SSSR count). The van der Waals surface area contributed by atoms with E-state index in [0.29, 0.717) is 18.0 Å². The lowest BCUT2D eigenvalue weighted by atomic mass is 9.84. The first-order valence-corrected chi connectivity index (χ1v) is 11.0. The summed E-state index contributed by atoms with van der Waals surface area (Å²) >= 11 is 0. The number of primary sulfonamides is 1. The molecule has 0 radical (unpaired) electrons. The summed E-state index contributed by atoms with van der Waals surface area (Å²) in [7, 11) is -4.39. The van der Waals surface area contributed by atoms with E-state index in [1.807, 2.05) is 26.0 Å². The minimum atomic E-state index is -4.66. The normalized spacial score (nSPS) is 13.3. The molecule has 1 heterocycles. The van der Waals surface area contributed by atoms with Gasteiger partial charge in [0.05, 0.1) is 23.4 Å². The van der Waals surface area contributed by atoms with Crippen LogP contribution in [0, 0.1) is 0 Å². The van der Waals surface area contributed by atoms with Gasteiger partial charge in [0.25, 0.3) is 0 Å². The summed E-state index contributed by atoms with van der Waals surface area (Å²) in [5.74, 6) is -1.66. The third-order valence-corrected chi connectivity index (χ3v) is 5.93. The van der Waals surface area contributed by atoms with E-state index < -0.39 is 38.5 Å². The van der Waals surface area contributed by atoms with E-state index >= 15 is 0 Å². The molecule has 32 heavy (non-hydrogen) atoms. The fourth-order valence-corrected chi connectivity index (χ4v) is 4.28. The monoisotopic (exact) mass is 466 g/mol. The molecule has 11 heteroatoms. The van der Waals surface area contributed by atoms with Crippen LogP contribution in [0.25, 0.3) is 5.69 Å². The lowest BCUT2D eigenvalue weighted by Crippen LogP contribution is -2.24. The Bertz CT molecular complexity index is 1270. The van der Waals surface area contributed by atoms with Crippen LogP contribution in [-0.4, -0.2) is 24.1 Å². The van der Waals surface area contributed by atoms with Gasteiger partial charge in [-0.25, -0.2) is 18.2 Å². The predicted molar refractivity (Wildman–Crippen MR) is 112 cm³/mol. The van der Waals surface area contributed by atoms with Crippen LogP contribution < -0.4 is 10.9 Å².